The maximum absolute atomic E-state index is 6.15. The number of aromatic nitrogens is 3. The molecule has 0 radical (unpaired) electrons. The normalized spacial score (nSPS) is 18.1. The van der Waals surface area contributed by atoms with Crippen molar-refractivity contribution in [3.63, 3.8) is 0 Å². The van der Waals surface area contributed by atoms with Gasteiger partial charge >= 0.3 is 0 Å². The fourth-order valence-corrected chi connectivity index (χ4v) is 2.49. The standard InChI is InChI=1S/C14H18N4O/c1-18-9-16-17-14(18)8-19-11-6-5-10-3-2-4-13(15)12(10)7-11/h5-7,9,13H,2-4,8,15H2,1H3/t13-/m1/s1. The van der Waals surface area contributed by atoms with E-state index in [2.05, 4.69) is 22.3 Å². The number of fused-ring (bicyclic) bond motifs is 1. The first-order valence-corrected chi connectivity index (χ1v) is 6.58. The number of nitrogens with two attached hydrogens (primary N) is 1. The lowest BCUT2D eigenvalue weighted by Gasteiger charge is -2.22. The molecule has 5 nitrogen and oxygen atoms in total. The number of hydrogen-bond acceptors (Lipinski definition) is 4. The van der Waals surface area contributed by atoms with Gasteiger partial charge in [0.15, 0.2) is 5.82 Å². The minimum Gasteiger partial charge on any atom is -0.486 e. The Balaban J connectivity index is 1.75. The quantitative estimate of drug-likeness (QED) is 0.910. The van der Waals surface area contributed by atoms with Crippen LogP contribution in [0.25, 0.3) is 0 Å². The van der Waals surface area contributed by atoms with Crippen molar-refractivity contribution in [3.8, 4) is 5.75 Å². The van der Waals surface area contributed by atoms with Crippen molar-refractivity contribution in [3.05, 3.63) is 41.5 Å². The first-order chi connectivity index (χ1) is 9.24. The Bertz CT molecular complexity index is 579. The van der Waals surface area contributed by atoms with E-state index < -0.39 is 0 Å². The molecule has 5 heteroatoms. The van der Waals surface area contributed by atoms with E-state index in [9.17, 15) is 0 Å². The molecule has 1 aliphatic rings. The lowest BCUT2D eigenvalue weighted by molar-refractivity contribution is 0.290. The highest BCUT2D eigenvalue weighted by molar-refractivity contribution is 5.39. The van der Waals surface area contributed by atoms with Crippen LogP contribution in [0.5, 0.6) is 5.75 Å². The highest BCUT2D eigenvalue weighted by atomic mass is 16.5. The van der Waals surface area contributed by atoms with E-state index in [1.807, 2.05) is 17.7 Å². The zero-order valence-electron chi connectivity index (χ0n) is 11.0. The van der Waals surface area contributed by atoms with Crippen LogP contribution in [0.2, 0.25) is 0 Å². The molecule has 0 saturated heterocycles. The number of aryl methyl sites for hydroxylation is 2. The van der Waals surface area contributed by atoms with Crippen LogP contribution in [0.15, 0.2) is 24.5 Å². The average Bonchev–Trinajstić information content (AvgIpc) is 2.83. The molecule has 1 aromatic carbocycles. The molecule has 0 spiro atoms. The topological polar surface area (TPSA) is 66.0 Å². The molecule has 2 N–H and O–H groups in total. The minimum atomic E-state index is 0.141. The van der Waals surface area contributed by atoms with Gasteiger partial charge in [0.2, 0.25) is 0 Å². The van der Waals surface area contributed by atoms with Gasteiger partial charge in [-0.25, -0.2) is 0 Å². The summed E-state index contributed by atoms with van der Waals surface area (Å²) in [5, 5.41) is 7.83. The first-order valence-electron chi connectivity index (χ1n) is 6.58. The van der Waals surface area contributed by atoms with E-state index in [0.717, 1.165) is 24.4 Å². The fraction of sp³-hybridized carbons (Fsp3) is 0.429. The van der Waals surface area contributed by atoms with E-state index in [-0.39, 0.29) is 6.04 Å². The number of rotatable bonds is 3. The summed E-state index contributed by atoms with van der Waals surface area (Å²) in [6.45, 7) is 0.421. The van der Waals surface area contributed by atoms with Gasteiger partial charge in [-0.3, -0.25) is 0 Å². The Morgan fingerprint density at radius 1 is 1.47 bits per heavy atom. The van der Waals surface area contributed by atoms with Gasteiger partial charge in [-0.05, 0) is 42.5 Å². The van der Waals surface area contributed by atoms with Crippen molar-refractivity contribution in [2.24, 2.45) is 12.8 Å². The van der Waals surface area contributed by atoms with E-state index >= 15 is 0 Å². The smallest absolute Gasteiger partial charge is 0.170 e. The summed E-state index contributed by atoms with van der Waals surface area (Å²) < 4.78 is 7.62. The molecule has 3 rings (SSSR count). The maximum Gasteiger partial charge on any atom is 0.170 e. The number of ether oxygens (including phenoxy) is 1. The van der Waals surface area contributed by atoms with Crippen LogP contribution >= 0.6 is 0 Å². The molecule has 19 heavy (non-hydrogen) atoms. The van der Waals surface area contributed by atoms with Crippen molar-refractivity contribution in [2.75, 3.05) is 0 Å². The Morgan fingerprint density at radius 2 is 2.37 bits per heavy atom. The third-order valence-electron chi connectivity index (χ3n) is 3.65. The molecular weight excluding hydrogens is 240 g/mol. The van der Waals surface area contributed by atoms with Gasteiger partial charge in [0.1, 0.15) is 18.7 Å². The van der Waals surface area contributed by atoms with E-state index in [1.54, 1.807) is 6.33 Å². The van der Waals surface area contributed by atoms with Crippen molar-refractivity contribution < 1.29 is 4.74 Å². The van der Waals surface area contributed by atoms with Crippen molar-refractivity contribution >= 4 is 0 Å². The highest BCUT2D eigenvalue weighted by Crippen LogP contribution is 2.30. The van der Waals surface area contributed by atoms with Crippen LogP contribution in [0, 0.1) is 0 Å². The van der Waals surface area contributed by atoms with Crippen LogP contribution in [-0.4, -0.2) is 14.8 Å². The number of benzene rings is 1. The van der Waals surface area contributed by atoms with Crippen LogP contribution in [-0.2, 0) is 20.1 Å². The van der Waals surface area contributed by atoms with Crippen molar-refractivity contribution in [1.82, 2.24) is 14.8 Å². The molecule has 1 heterocycles. The van der Waals surface area contributed by atoms with Gasteiger partial charge in [0, 0.05) is 13.1 Å². The van der Waals surface area contributed by atoms with Crippen LogP contribution < -0.4 is 10.5 Å². The number of nitrogens with zero attached hydrogens (tertiary/aromatic N) is 3. The predicted octanol–water partition coefficient (Wildman–Crippen LogP) is 1.73. The monoisotopic (exact) mass is 258 g/mol. The second-order valence-electron chi connectivity index (χ2n) is 5.01. The van der Waals surface area contributed by atoms with Gasteiger partial charge in [-0.1, -0.05) is 6.07 Å². The summed E-state index contributed by atoms with van der Waals surface area (Å²) in [5.41, 5.74) is 8.72. The molecule has 0 unspecified atom stereocenters. The summed E-state index contributed by atoms with van der Waals surface area (Å²) >= 11 is 0. The Morgan fingerprint density at radius 3 is 3.16 bits per heavy atom. The molecule has 0 saturated carbocycles. The average molecular weight is 258 g/mol. The molecule has 1 aromatic heterocycles. The van der Waals surface area contributed by atoms with Crippen LogP contribution in [0.3, 0.4) is 0 Å². The summed E-state index contributed by atoms with van der Waals surface area (Å²) in [5.74, 6) is 1.65. The minimum absolute atomic E-state index is 0.141. The maximum atomic E-state index is 6.15. The lowest BCUT2D eigenvalue weighted by atomic mass is 9.88. The molecule has 0 amide bonds. The van der Waals surface area contributed by atoms with Gasteiger partial charge < -0.3 is 15.0 Å². The van der Waals surface area contributed by atoms with Gasteiger partial charge in [-0.15, -0.1) is 10.2 Å². The Hall–Kier alpha value is -1.88. The molecule has 1 aliphatic carbocycles. The molecular formula is C14H18N4O. The van der Waals surface area contributed by atoms with E-state index in [1.165, 1.54) is 17.5 Å². The molecule has 100 valence electrons. The fourth-order valence-electron chi connectivity index (χ4n) is 2.49. The number of hydrogen-bond donors (Lipinski definition) is 1. The van der Waals surface area contributed by atoms with Crippen molar-refractivity contribution in [2.45, 2.75) is 31.9 Å². The Labute approximate surface area is 112 Å². The largest absolute Gasteiger partial charge is 0.486 e. The summed E-state index contributed by atoms with van der Waals surface area (Å²) in [6.07, 6.45) is 5.01. The third kappa shape index (κ3) is 2.46. The van der Waals surface area contributed by atoms with Gasteiger partial charge in [0.25, 0.3) is 0 Å². The third-order valence-corrected chi connectivity index (χ3v) is 3.65. The van der Waals surface area contributed by atoms with E-state index in [4.69, 9.17) is 10.5 Å². The highest BCUT2D eigenvalue weighted by Gasteiger charge is 2.17. The summed E-state index contributed by atoms with van der Waals surface area (Å²) in [6, 6.07) is 6.34. The lowest BCUT2D eigenvalue weighted by Crippen LogP contribution is -2.17. The molecule has 0 aliphatic heterocycles. The predicted molar refractivity (Wildman–Crippen MR) is 71.6 cm³/mol. The Kier molecular flexibility index (Phi) is 3.21. The molecule has 2 aromatic rings. The first kappa shape index (κ1) is 12.2. The van der Waals surface area contributed by atoms with Gasteiger partial charge in [-0.2, -0.15) is 0 Å². The van der Waals surface area contributed by atoms with Crippen LogP contribution in [0.1, 0.15) is 35.8 Å². The molecule has 1 atom stereocenters. The zero-order chi connectivity index (χ0) is 13.2. The second kappa shape index (κ2) is 5.01. The molecule has 0 bridgehead atoms. The summed E-state index contributed by atoms with van der Waals surface area (Å²) in [4.78, 5) is 0. The summed E-state index contributed by atoms with van der Waals surface area (Å²) in [7, 11) is 1.90. The molecule has 0 fully saturated rings. The zero-order valence-corrected chi connectivity index (χ0v) is 11.0. The van der Waals surface area contributed by atoms with Gasteiger partial charge in [0.05, 0.1) is 0 Å². The van der Waals surface area contributed by atoms with Crippen LogP contribution in [0.4, 0.5) is 0 Å². The second-order valence-corrected chi connectivity index (χ2v) is 5.01. The SMILES string of the molecule is Cn1cnnc1COc1ccc2c(c1)[C@H](N)CCC2. The van der Waals surface area contributed by atoms with E-state index in [0.29, 0.717) is 6.61 Å². The van der Waals surface area contributed by atoms with Crippen molar-refractivity contribution in [1.29, 1.82) is 0 Å².